The van der Waals surface area contributed by atoms with E-state index >= 15 is 0 Å². The number of fused-ring (bicyclic) bond motifs is 1. The van der Waals surface area contributed by atoms with Crippen molar-refractivity contribution in [3.63, 3.8) is 0 Å². The summed E-state index contributed by atoms with van der Waals surface area (Å²) in [5, 5.41) is 5.38. The number of likely N-dealkylation sites (tertiary alicyclic amines) is 2. The summed E-state index contributed by atoms with van der Waals surface area (Å²) in [5.74, 6) is -1.15. The van der Waals surface area contributed by atoms with E-state index in [0.717, 1.165) is 136 Å². The number of benzene rings is 9. The number of nitrogens with zero attached hydrogens (tertiary/aromatic N) is 6. The average Bonchev–Trinajstić information content (AvgIpc) is 1.60. The summed E-state index contributed by atoms with van der Waals surface area (Å²) in [6, 6.07) is 48.6. The highest BCUT2D eigenvalue weighted by molar-refractivity contribution is 7.91. The third-order valence-electron chi connectivity index (χ3n) is 23.2. The molecule has 0 N–H and O–H groups in total. The molecule has 3 saturated heterocycles. The van der Waals surface area contributed by atoms with Crippen LogP contribution in [0.25, 0.3) is 32.3 Å². The lowest BCUT2D eigenvalue weighted by Crippen LogP contribution is -2.47. The lowest BCUT2D eigenvalue weighted by molar-refractivity contribution is -0.286. The minimum absolute atomic E-state index is 0.00134. The number of piperidine rings is 3. The maximum Gasteiger partial charge on any atom is 0.586 e. The summed E-state index contributed by atoms with van der Waals surface area (Å²) in [4.78, 5) is 89.8. The molecular weight excluding hydrogens is 1560 g/mol. The highest BCUT2D eigenvalue weighted by atomic mass is 32.2. The van der Waals surface area contributed by atoms with Crippen molar-refractivity contribution in [3.05, 3.63) is 203 Å². The quantitative estimate of drug-likeness (QED) is 0.0365. The normalized spacial score (nSPS) is 18.5. The van der Waals surface area contributed by atoms with Gasteiger partial charge in [0.15, 0.2) is 37.0 Å². The first-order chi connectivity index (χ1) is 56.4. The van der Waals surface area contributed by atoms with Crippen LogP contribution in [0.3, 0.4) is 0 Å². The van der Waals surface area contributed by atoms with Crippen molar-refractivity contribution in [2.45, 2.75) is 110 Å². The molecule has 0 spiro atoms. The van der Waals surface area contributed by atoms with Crippen LogP contribution in [0.4, 0.5) is 25.8 Å². The second-order valence-electron chi connectivity index (χ2n) is 30.7. The van der Waals surface area contributed by atoms with Gasteiger partial charge in [-0.3, -0.25) is 33.7 Å². The van der Waals surface area contributed by atoms with Gasteiger partial charge in [-0.1, -0.05) is 97.4 Å². The van der Waals surface area contributed by atoms with Crippen LogP contribution in [0.2, 0.25) is 0 Å². The number of hydrogen-bond donors (Lipinski definition) is 0. The number of alkyl halides is 2. The molecule has 7 aliphatic rings. The van der Waals surface area contributed by atoms with Gasteiger partial charge in [-0.2, -0.15) is 4.31 Å². The van der Waals surface area contributed by atoms with Crippen LogP contribution < -0.4 is 24.2 Å². The molecule has 0 aliphatic carbocycles. The lowest BCUT2D eigenvalue weighted by Gasteiger charge is -2.34. The van der Waals surface area contributed by atoms with E-state index in [1.807, 2.05) is 94.7 Å². The molecule has 117 heavy (non-hydrogen) atoms. The first kappa shape index (κ1) is 83.7. The van der Waals surface area contributed by atoms with Gasteiger partial charge in [0.05, 0.1) is 49.3 Å². The van der Waals surface area contributed by atoms with E-state index < -0.39 is 41.9 Å². The van der Waals surface area contributed by atoms with Gasteiger partial charge in [-0.05, 0) is 177 Å². The van der Waals surface area contributed by atoms with Crippen LogP contribution in [0.1, 0.15) is 112 Å². The number of Topliss-reactive ketones (excluding diaryl/α,β-unsaturated/α-hetero) is 3. The first-order valence-electron chi connectivity index (χ1n) is 39.9. The van der Waals surface area contributed by atoms with E-state index in [0.29, 0.717) is 111 Å². The Morgan fingerprint density at radius 2 is 0.872 bits per heavy atom. The standard InChI is InChI=1S/2C30H34N2O5S.C29H28F2N2O7S/c1-37-18-7-16-32-27-14-13-22(25-11-5-12-26(29(25)27)30(32)34)20-28(33)23-8-6-15-31(21-23)17-19-38(35,36)24-9-3-2-4-10-24;1-37-19-8-17-32-27-15-14-22(24-11-7-12-25(29(24)27)30(32)34)21-28(33)26-13-5-6-16-31(26)18-20-38(35,36)23-9-3-2-4-10-23;1-38-14-4-13-33-23-10-8-18(21-6-2-7-22(27(21)23)28(33)35)15-24(34)19-5-3-12-32(17-19)41(36,37)20-9-11-25-26(16-20)40-29(30,31)39-25/h2-5,9-14,23H,6-8,15-21H2,1H3;2-4,7,9-12,14-15,26H,5-6,8,13,16-21H2,1H3;2,6-11,16,19H,3-5,12-15,17H2,1H3. The molecule has 0 saturated carbocycles. The number of rotatable bonds is 31. The van der Waals surface area contributed by atoms with Crippen molar-refractivity contribution >= 4 is 114 Å². The molecule has 0 radical (unpaired) electrons. The second-order valence-corrected chi connectivity index (χ2v) is 36.8. The third kappa shape index (κ3) is 18.1. The van der Waals surface area contributed by atoms with Gasteiger partial charge in [0.1, 0.15) is 11.6 Å². The molecule has 9 aromatic rings. The third-order valence-corrected chi connectivity index (χ3v) is 28.5. The van der Waals surface area contributed by atoms with Gasteiger partial charge in [0.2, 0.25) is 10.0 Å². The van der Waals surface area contributed by atoms with Gasteiger partial charge >= 0.3 is 6.29 Å². The molecule has 0 bridgehead atoms. The minimum atomic E-state index is -4.07. The van der Waals surface area contributed by atoms with Crippen molar-refractivity contribution in [2.24, 2.45) is 11.8 Å². The maximum absolute atomic E-state index is 13.6. The predicted octanol–water partition coefficient (Wildman–Crippen LogP) is 12.8. The maximum atomic E-state index is 13.6. The fourth-order valence-electron chi connectivity index (χ4n) is 17.3. The monoisotopic (exact) mass is 1650 g/mol. The van der Waals surface area contributed by atoms with E-state index in [1.54, 1.807) is 97.9 Å². The molecular formula is C89H96F2N6O17S3. The van der Waals surface area contributed by atoms with Crippen LogP contribution in [-0.2, 0) is 77.6 Å². The Labute approximate surface area is 680 Å². The minimum Gasteiger partial charge on any atom is -0.395 e. The highest BCUT2D eigenvalue weighted by Crippen LogP contribution is 2.46. The molecule has 7 heterocycles. The predicted molar refractivity (Wildman–Crippen MR) is 442 cm³/mol. The molecule has 3 amide bonds. The molecule has 16 rings (SSSR count). The fourth-order valence-corrected chi connectivity index (χ4v) is 21.4. The van der Waals surface area contributed by atoms with Gasteiger partial charge in [-0.15, -0.1) is 8.78 Å². The SMILES string of the molecule is COCCCN1C(=O)c2cccc3c(CC(=O)C4CCCCN4CCS(=O)(=O)c4ccccc4)ccc1c23.COCCCN1C(=O)c2cccc3c(CC(=O)C4CCCN(CCS(=O)(=O)c5ccccc5)C4)ccc1c23.COCCCN1C(=O)c2cccc3c(CC(=O)C4CCCN(S(=O)(=O)c5ccc6c(c5)OC(F)(F)O6)C4)ccc1c23. The van der Waals surface area contributed by atoms with Crippen molar-refractivity contribution < 1.29 is 86.5 Å². The van der Waals surface area contributed by atoms with E-state index in [4.69, 9.17) is 14.2 Å². The Kier molecular flexibility index (Phi) is 25.9. The molecule has 28 heteroatoms. The summed E-state index contributed by atoms with van der Waals surface area (Å²) in [7, 11) is -5.91. The number of halogens is 2. The zero-order valence-electron chi connectivity index (χ0n) is 65.8. The summed E-state index contributed by atoms with van der Waals surface area (Å²) in [6.07, 6.45) is 4.32. The fraction of sp³-hybridized carbons (Fsp3) is 0.393. The van der Waals surface area contributed by atoms with Crippen LogP contribution >= 0.6 is 0 Å². The Morgan fingerprint density at radius 1 is 0.436 bits per heavy atom. The average molecular weight is 1660 g/mol. The van der Waals surface area contributed by atoms with Crippen LogP contribution in [0.5, 0.6) is 11.5 Å². The zero-order chi connectivity index (χ0) is 82.3. The Bertz CT molecular complexity index is 5630. The number of anilines is 3. The second kappa shape index (κ2) is 36.2. The van der Waals surface area contributed by atoms with Crippen LogP contribution in [-0.4, -0.2) is 205 Å². The summed E-state index contributed by atoms with van der Waals surface area (Å²) < 4.78 is 130. The molecule has 3 unspecified atom stereocenters. The molecule has 7 aliphatic heterocycles. The van der Waals surface area contributed by atoms with Gasteiger partial charge < -0.3 is 43.3 Å². The zero-order valence-corrected chi connectivity index (χ0v) is 68.3. The van der Waals surface area contributed by atoms with Crippen LogP contribution in [0, 0.1) is 11.8 Å². The van der Waals surface area contributed by atoms with Crippen molar-refractivity contribution in [1.29, 1.82) is 0 Å². The summed E-state index contributed by atoms with van der Waals surface area (Å²) in [6.45, 7) is 6.45. The Hall–Kier alpha value is -9.75. The number of ether oxygens (including phenoxy) is 5. The lowest BCUT2D eigenvalue weighted by atomic mass is 9.88. The number of ketones is 3. The molecule has 23 nitrogen and oxygen atoms in total. The van der Waals surface area contributed by atoms with E-state index in [1.165, 1.54) is 10.4 Å². The van der Waals surface area contributed by atoms with Crippen molar-refractivity contribution in [1.82, 2.24) is 14.1 Å². The largest absolute Gasteiger partial charge is 0.586 e. The summed E-state index contributed by atoms with van der Waals surface area (Å²) >= 11 is 0. The smallest absolute Gasteiger partial charge is 0.395 e. The number of hydrogen-bond acceptors (Lipinski definition) is 19. The Balaban J connectivity index is 0.000000145. The topological polar surface area (TPSA) is 270 Å². The highest BCUT2D eigenvalue weighted by Gasteiger charge is 2.45. The van der Waals surface area contributed by atoms with E-state index in [2.05, 4.69) is 14.4 Å². The molecule has 3 atom stereocenters. The number of sulfonamides is 1. The van der Waals surface area contributed by atoms with Crippen molar-refractivity contribution in [2.75, 3.05) is 133 Å². The number of carbonyl (C=O) groups is 6. The van der Waals surface area contributed by atoms with E-state index in [9.17, 15) is 62.8 Å². The summed E-state index contributed by atoms with van der Waals surface area (Å²) in [5.41, 5.74) is 7.18. The van der Waals surface area contributed by atoms with Gasteiger partial charge in [0.25, 0.3) is 17.7 Å². The van der Waals surface area contributed by atoms with Gasteiger partial charge in [0, 0.05) is 164 Å². The Morgan fingerprint density at radius 3 is 1.34 bits per heavy atom. The molecule has 9 aromatic carbocycles. The number of amides is 3. The molecule has 616 valence electrons. The van der Waals surface area contributed by atoms with Crippen LogP contribution in [0.15, 0.2) is 185 Å². The number of methoxy groups -OCH3 is 3. The number of sulfone groups is 2. The first-order valence-corrected chi connectivity index (χ1v) is 44.7. The number of carbonyl (C=O) groups excluding carboxylic acids is 6. The molecule has 0 aromatic heterocycles. The van der Waals surface area contributed by atoms with Crippen molar-refractivity contribution in [3.8, 4) is 11.5 Å². The molecule has 3 fully saturated rings. The van der Waals surface area contributed by atoms with Gasteiger partial charge in [-0.25, -0.2) is 25.3 Å². The van der Waals surface area contributed by atoms with E-state index in [-0.39, 0.29) is 101 Å².